The maximum atomic E-state index is 11.5. The number of nitrogens with zero attached hydrogens (tertiary/aromatic N) is 4. The van der Waals surface area contributed by atoms with E-state index in [2.05, 4.69) is 20.3 Å². The summed E-state index contributed by atoms with van der Waals surface area (Å²) in [4.78, 5) is 24.1. The molecule has 2 heterocycles. The summed E-state index contributed by atoms with van der Waals surface area (Å²) in [6.07, 6.45) is 0. The van der Waals surface area contributed by atoms with Gasteiger partial charge in [0.05, 0.1) is 29.9 Å². The lowest BCUT2D eigenvalue weighted by atomic mass is 10.0. The van der Waals surface area contributed by atoms with Crippen molar-refractivity contribution in [2.24, 2.45) is 0 Å². The van der Waals surface area contributed by atoms with Crippen LogP contribution in [-0.4, -0.2) is 33.1 Å². The van der Waals surface area contributed by atoms with Gasteiger partial charge >= 0.3 is 5.97 Å². The number of pyridine rings is 1. The Morgan fingerprint density at radius 3 is 2.71 bits per heavy atom. The highest BCUT2D eigenvalue weighted by Crippen LogP contribution is 2.30. The number of fused-ring (bicyclic) bond motifs is 1. The number of carboxylic acid groups (broad SMARTS) is 1. The largest absolute Gasteiger partial charge is 0.479 e. The number of carboxylic acids is 1. The Kier molecular flexibility index (Phi) is 5.29. The number of nitriles is 1. The van der Waals surface area contributed by atoms with E-state index >= 15 is 0 Å². The predicted octanol–water partition coefficient (Wildman–Crippen LogP) is 3.74. The van der Waals surface area contributed by atoms with Crippen molar-refractivity contribution in [3.8, 4) is 11.9 Å². The Morgan fingerprint density at radius 2 is 2.07 bits per heavy atom. The van der Waals surface area contributed by atoms with Gasteiger partial charge in [0.2, 0.25) is 5.69 Å². The number of halogens is 1. The van der Waals surface area contributed by atoms with Crippen LogP contribution in [0, 0.1) is 18.3 Å². The third kappa shape index (κ3) is 3.66. The van der Waals surface area contributed by atoms with E-state index in [4.69, 9.17) is 16.3 Å². The van der Waals surface area contributed by atoms with Gasteiger partial charge < -0.3 is 15.2 Å². The van der Waals surface area contributed by atoms with Gasteiger partial charge in [-0.25, -0.2) is 19.7 Å². The second-order valence-electron chi connectivity index (χ2n) is 6.12. The molecule has 0 saturated carbocycles. The van der Waals surface area contributed by atoms with Crippen LogP contribution in [0.5, 0.6) is 5.88 Å². The topological polar surface area (TPSA) is 121 Å². The summed E-state index contributed by atoms with van der Waals surface area (Å²) in [5.41, 5.74) is 3.05. The van der Waals surface area contributed by atoms with Gasteiger partial charge in [0, 0.05) is 5.56 Å². The number of aryl methyl sites for hydroxylation is 1. The normalized spacial score (nSPS) is 11.7. The van der Waals surface area contributed by atoms with Crippen LogP contribution < -0.4 is 10.1 Å². The summed E-state index contributed by atoms with van der Waals surface area (Å²) >= 11 is 5.81. The lowest BCUT2D eigenvalue weighted by molar-refractivity contribution is 0.0691. The van der Waals surface area contributed by atoms with Crippen LogP contribution in [0.2, 0.25) is 5.15 Å². The second kappa shape index (κ2) is 7.66. The summed E-state index contributed by atoms with van der Waals surface area (Å²) in [5, 5.41) is 21.9. The van der Waals surface area contributed by atoms with Gasteiger partial charge in [0.25, 0.3) is 5.88 Å². The molecule has 3 aromatic rings. The van der Waals surface area contributed by atoms with Crippen molar-refractivity contribution < 1.29 is 14.6 Å². The Morgan fingerprint density at radius 1 is 1.32 bits per heavy atom. The third-order valence-corrected chi connectivity index (χ3v) is 4.32. The molecule has 1 aromatic carbocycles. The van der Waals surface area contributed by atoms with Crippen molar-refractivity contribution in [2.45, 2.75) is 19.9 Å². The van der Waals surface area contributed by atoms with Crippen molar-refractivity contribution in [3.63, 3.8) is 0 Å². The van der Waals surface area contributed by atoms with Crippen LogP contribution in [0.25, 0.3) is 11.0 Å². The molecule has 0 unspecified atom stereocenters. The molecule has 9 heteroatoms. The summed E-state index contributed by atoms with van der Waals surface area (Å²) in [6.45, 7) is 3.76. The van der Waals surface area contributed by atoms with E-state index in [9.17, 15) is 15.2 Å². The minimum atomic E-state index is -1.19. The van der Waals surface area contributed by atoms with Gasteiger partial charge in [-0.1, -0.05) is 17.7 Å². The number of nitrogens with one attached hydrogen (secondary N) is 1. The smallest absolute Gasteiger partial charge is 0.356 e. The van der Waals surface area contributed by atoms with Gasteiger partial charge in [0.15, 0.2) is 5.69 Å². The molecule has 0 bridgehead atoms. The number of hydrogen-bond donors (Lipinski definition) is 2. The van der Waals surface area contributed by atoms with Crippen LogP contribution in [0.1, 0.15) is 40.3 Å². The number of aromatic nitrogens is 3. The summed E-state index contributed by atoms with van der Waals surface area (Å²) in [7, 11) is 1.42. The van der Waals surface area contributed by atoms with Crippen molar-refractivity contribution in [2.75, 3.05) is 12.4 Å². The number of carbonyl (C=O) groups is 1. The molecule has 2 aromatic heterocycles. The van der Waals surface area contributed by atoms with Gasteiger partial charge in [-0.15, -0.1) is 0 Å². The fraction of sp³-hybridized carbons (Fsp3) is 0.211. The quantitative estimate of drug-likeness (QED) is 0.624. The summed E-state index contributed by atoms with van der Waals surface area (Å²) < 4.78 is 5.17. The molecule has 8 nitrogen and oxygen atoms in total. The van der Waals surface area contributed by atoms with E-state index < -0.39 is 5.97 Å². The molecule has 0 aliphatic carbocycles. The number of hydrogen-bond acceptors (Lipinski definition) is 7. The van der Waals surface area contributed by atoms with Crippen LogP contribution in [0.15, 0.2) is 24.3 Å². The summed E-state index contributed by atoms with van der Waals surface area (Å²) in [6, 6.07) is 8.46. The third-order valence-electron chi connectivity index (χ3n) is 4.11. The van der Waals surface area contributed by atoms with Gasteiger partial charge in [-0.05, 0) is 37.6 Å². The molecule has 0 saturated heterocycles. The molecular weight excluding hydrogens is 382 g/mol. The van der Waals surface area contributed by atoms with Crippen molar-refractivity contribution in [1.82, 2.24) is 15.0 Å². The lowest BCUT2D eigenvalue weighted by Gasteiger charge is -2.19. The molecule has 142 valence electrons. The highest BCUT2D eigenvalue weighted by atomic mass is 35.5. The molecule has 2 N–H and O–H groups in total. The minimum absolute atomic E-state index is 0.0937. The number of benzene rings is 1. The van der Waals surface area contributed by atoms with E-state index in [-0.39, 0.29) is 28.5 Å². The number of rotatable bonds is 5. The number of methoxy groups -OCH3 is 1. The molecule has 0 amide bonds. The maximum absolute atomic E-state index is 11.5. The number of aromatic carboxylic acids is 1. The molecule has 0 aliphatic heterocycles. The monoisotopic (exact) mass is 397 g/mol. The van der Waals surface area contributed by atoms with Crippen LogP contribution in [0.3, 0.4) is 0 Å². The van der Waals surface area contributed by atoms with E-state index in [1.807, 2.05) is 32.0 Å². The highest BCUT2D eigenvalue weighted by Gasteiger charge is 2.19. The minimum Gasteiger partial charge on any atom is -0.479 e. The van der Waals surface area contributed by atoms with Crippen molar-refractivity contribution in [1.29, 1.82) is 5.26 Å². The highest BCUT2D eigenvalue weighted by molar-refractivity contribution is 6.29. The summed E-state index contributed by atoms with van der Waals surface area (Å²) in [5.74, 6) is -1.06. The lowest BCUT2D eigenvalue weighted by Crippen LogP contribution is -2.13. The zero-order valence-corrected chi connectivity index (χ0v) is 16.1. The zero-order valence-electron chi connectivity index (χ0n) is 15.3. The SMILES string of the molecule is COc1nc2c([C@@H](C)Nc3ccc(Cl)nc3C(=O)O)cc(C)cc2nc1C#N. The molecule has 0 spiro atoms. The average molecular weight is 398 g/mol. The van der Waals surface area contributed by atoms with E-state index in [0.717, 1.165) is 11.1 Å². The molecule has 1 atom stereocenters. The molecular formula is C19H16ClN5O3. The zero-order chi connectivity index (χ0) is 20.4. The Labute approximate surface area is 165 Å². The van der Waals surface area contributed by atoms with Crippen LogP contribution in [0.4, 0.5) is 5.69 Å². The van der Waals surface area contributed by atoms with Gasteiger partial charge in [0.1, 0.15) is 11.2 Å². The Bertz CT molecular complexity index is 1130. The van der Waals surface area contributed by atoms with Gasteiger partial charge in [-0.2, -0.15) is 5.26 Å². The average Bonchev–Trinajstić information content (AvgIpc) is 2.67. The number of ether oxygens (including phenoxy) is 1. The molecule has 28 heavy (non-hydrogen) atoms. The molecule has 3 rings (SSSR count). The van der Waals surface area contributed by atoms with E-state index in [1.165, 1.54) is 13.2 Å². The van der Waals surface area contributed by atoms with Crippen LogP contribution in [-0.2, 0) is 0 Å². The van der Waals surface area contributed by atoms with Crippen molar-refractivity contribution in [3.05, 3.63) is 51.9 Å². The number of anilines is 1. The fourth-order valence-corrected chi connectivity index (χ4v) is 3.04. The first-order valence-corrected chi connectivity index (χ1v) is 8.64. The first-order chi connectivity index (χ1) is 13.3. The second-order valence-corrected chi connectivity index (χ2v) is 6.50. The Balaban J connectivity index is 2.11. The molecule has 0 aliphatic rings. The van der Waals surface area contributed by atoms with Gasteiger partial charge in [-0.3, -0.25) is 0 Å². The first kappa shape index (κ1) is 19.3. The first-order valence-electron chi connectivity index (χ1n) is 8.26. The maximum Gasteiger partial charge on any atom is 0.356 e. The van der Waals surface area contributed by atoms with E-state index in [0.29, 0.717) is 16.7 Å². The van der Waals surface area contributed by atoms with Crippen LogP contribution >= 0.6 is 11.6 Å². The molecule has 0 radical (unpaired) electrons. The predicted molar refractivity (Wildman–Crippen MR) is 104 cm³/mol. The fourth-order valence-electron chi connectivity index (χ4n) is 2.89. The standard InChI is InChI=1S/C19H16ClN5O3/c1-9-6-11(16-13(7-9)23-14(8-21)18(25-16)28-3)10(2)22-12-4-5-15(20)24-17(12)19(26)27/h4-7,10,22H,1-3H3,(H,26,27)/t10-/m1/s1. The molecule has 0 fully saturated rings. The Hall–Kier alpha value is -3.44. The van der Waals surface area contributed by atoms with Crippen molar-refractivity contribution >= 4 is 34.3 Å². The van der Waals surface area contributed by atoms with E-state index in [1.54, 1.807) is 6.07 Å².